The lowest BCUT2D eigenvalue weighted by Crippen LogP contribution is -2.23. The quantitative estimate of drug-likeness (QED) is 0.347. The molecule has 1 amide bonds. The van der Waals surface area contributed by atoms with Crippen LogP contribution in [0.15, 0.2) is 27.4 Å². The summed E-state index contributed by atoms with van der Waals surface area (Å²) in [6.07, 6.45) is 0. The van der Waals surface area contributed by atoms with Crippen molar-refractivity contribution in [3.8, 4) is 5.75 Å². The van der Waals surface area contributed by atoms with E-state index in [0.717, 1.165) is 7.11 Å². The van der Waals surface area contributed by atoms with Gasteiger partial charge in [0.15, 0.2) is 0 Å². The molecule has 1 heterocycles. The number of aryl methyl sites for hydroxylation is 1. The zero-order valence-corrected chi connectivity index (χ0v) is 10.7. The van der Waals surface area contributed by atoms with Crippen LogP contribution in [0.4, 0.5) is 5.69 Å². The molecule has 2 rings (SSSR count). The third kappa shape index (κ3) is 2.46. The van der Waals surface area contributed by atoms with Crippen LogP contribution >= 0.6 is 0 Å². The minimum atomic E-state index is -1.08. The lowest BCUT2D eigenvalue weighted by atomic mass is 10.1. The number of amides is 1. The molecule has 0 bridgehead atoms. The SMILES string of the molecule is COC(=O)C(=O)Nc1cc2c(C)cc(=O)oc2cc1O. The lowest BCUT2D eigenvalue weighted by Gasteiger charge is -2.08. The first-order valence-corrected chi connectivity index (χ1v) is 5.59. The summed E-state index contributed by atoms with van der Waals surface area (Å²) >= 11 is 0. The maximum Gasteiger partial charge on any atom is 0.396 e. The van der Waals surface area contributed by atoms with Crippen LogP contribution in [0.5, 0.6) is 5.75 Å². The normalized spacial score (nSPS) is 10.3. The molecule has 0 radical (unpaired) electrons. The highest BCUT2D eigenvalue weighted by Gasteiger charge is 2.17. The van der Waals surface area contributed by atoms with Crippen LogP contribution in [0.3, 0.4) is 0 Å². The van der Waals surface area contributed by atoms with Crippen molar-refractivity contribution >= 4 is 28.5 Å². The molecular formula is C13H11NO6. The molecule has 0 saturated carbocycles. The number of fused-ring (bicyclic) bond motifs is 1. The van der Waals surface area contributed by atoms with Crippen molar-refractivity contribution in [3.05, 3.63) is 34.2 Å². The summed E-state index contributed by atoms with van der Waals surface area (Å²) < 4.78 is 9.19. The number of carbonyl (C=O) groups excluding carboxylic acids is 2. The van der Waals surface area contributed by atoms with Gasteiger partial charge < -0.3 is 19.6 Å². The van der Waals surface area contributed by atoms with E-state index in [0.29, 0.717) is 10.9 Å². The first-order valence-electron chi connectivity index (χ1n) is 5.59. The summed E-state index contributed by atoms with van der Waals surface area (Å²) in [4.78, 5) is 33.7. The number of phenols is 1. The van der Waals surface area contributed by atoms with Crippen LogP contribution in [0.2, 0.25) is 0 Å². The van der Waals surface area contributed by atoms with Crippen LogP contribution in [0, 0.1) is 6.92 Å². The van der Waals surface area contributed by atoms with Crippen molar-refractivity contribution in [2.24, 2.45) is 0 Å². The molecule has 0 aliphatic rings. The fourth-order valence-corrected chi connectivity index (χ4v) is 1.72. The van der Waals surface area contributed by atoms with Gasteiger partial charge >= 0.3 is 17.5 Å². The van der Waals surface area contributed by atoms with Gasteiger partial charge in [0, 0.05) is 17.5 Å². The van der Waals surface area contributed by atoms with Gasteiger partial charge in [-0.2, -0.15) is 0 Å². The lowest BCUT2D eigenvalue weighted by molar-refractivity contribution is -0.150. The van der Waals surface area contributed by atoms with Crippen molar-refractivity contribution in [3.63, 3.8) is 0 Å². The molecule has 7 nitrogen and oxygen atoms in total. The Balaban J connectivity index is 2.50. The highest BCUT2D eigenvalue weighted by atomic mass is 16.5. The van der Waals surface area contributed by atoms with Crippen LogP contribution in [0.1, 0.15) is 5.56 Å². The molecule has 104 valence electrons. The van der Waals surface area contributed by atoms with E-state index in [-0.39, 0.29) is 17.0 Å². The number of methoxy groups -OCH3 is 1. The number of rotatable bonds is 1. The molecule has 0 atom stereocenters. The topological polar surface area (TPSA) is 106 Å². The summed E-state index contributed by atoms with van der Waals surface area (Å²) in [6, 6.07) is 3.88. The largest absolute Gasteiger partial charge is 0.506 e. The van der Waals surface area contributed by atoms with Crippen molar-refractivity contribution in [1.29, 1.82) is 0 Å². The van der Waals surface area contributed by atoms with Gasteiger partial charge in [-0.15, -0.1) is 0 Å². The van der Waals surface area contributed by atoms with Crippen LogP contribution in [-0.2, 0) is 14.3 Å². The van der Waals surface area contributed by atoms with E-state index in [1.165, 1.54) is 18.2 Å². The Bertz CT molecular complexity index is 761. The standard InChI is InChI=1S/C13H11NO6/c1-6-3-11(16)20-10-5-9(15)8(4-7(6)10)14-12(17)13(18)19-2/h3-5,15H,1-2H3,(H,14,17). The molecule has 1 aromatic carbocycles. The summed E-state index contributed by atoms with van der Waals surface area (Å²) in [6.45, 7) is 1.68. The minimum Gasteiger partial charge on any atom is -0.506 e. The summed E-state index contributed by atoms with van der Waals surface area (Å²) in [5.74, 6) is -2.43. The Morgan fingerprint density at radius 3 is 2.65 bits per heavy atom. The number of anilines is 1. The maximum absolute atomic E-state index is 11.4. The van der Waals surface area contributed by atoms with Crippen molar-refractivity contribution in [2.75, 3.05) is 12.4 Å². The smallest absolute Gasteiger partial charge is 0.396 e. The molecule has 7 heteroatoms. The minimum absolute atomic E-state index is 0.0184. The zero-order valence-electron chi connectivity index (χ0n) is 10.7. The number of aromatic hydroxyl groups is 1. The Kier molecular flexibility index (Phi) is 3.43. The van der Waals surface area contributed by atoms with Crippen molar-refractivity contribution in [1.82, 2.24) is 0 Å². The molecule has 1 aromatic heterocycles. The average Bonchev–Trinajstić information content (AvgIpc) is 2.39. The molecule has 2 N–H and O–H groups in total. The van der Waals surface area contributed by atoms with Gasteiger partial charge in [-0.05, 0) is 18.6 Å². The van der Waals surface area contributed by atoms with Gasteiger partial charge in [0.1, 0.15) is 11.3 Å². The summed E-state index contributed by atoms with van der Waals surface area (Å²) in [5, 5.41) is 12.5. The second-order valence-corrected chi connectivity index (χ2v) is 4.06. The molecule has 2 aromatic rings. The Morgan fingerprint density at radius 1 is 1.30 bits per heavy atom. The van der Waals surface area contributed by atoms with E-state index in [1.54, 1.807) is 6.92 Å². The number of ether oxygens (including phenoxy) is 1. The highest BCUT2D eigenvalue weighted by molar-refractivity contribution is 6.37. The first-order chi connectivity index (χ1) is 9.42. The Hall–Kier alpha value is -2.83. The Morgan fingerprint density at radius 2 is 2.00 bits per heavy atom. The van der Waals surface area contributed by atoms with E-state index in [2.05, 4.69) is 10.1 Å². The number of nitrogens with one attached hydrogen (secondary N) is 1. The van der Waals surface area contributed by atoms with E-state index in [9.17, 15) is 19.5 Å². The predicted molar refractivity (Wildman–Crippen MR) is 69.5 cm³/mol. The van der Waals surface area contributed by atoms with Gasteiger partial charge in [-0.25, -0.2) is 9.59 Å². The van der Waals surface area contributed by atoms with E-state index >= 15 is 0 Å². The first kappa shape index (κ1) is 13.6. The van der Waals surface area contributed by atoms with Crippen molar-refractivity contribution in [2.45, 2.75) is 6.92 Å². The highest BCUT2D eigenvalue weighted by Crippen LogP contribution is 2.30. The van der Waals surface area contributed by atoms with Gasteiger partial charge in [-0.3, -0.25) is 4.79 Å². The number of esters is 1. The molecule has 0 aliphatic heterocycles. The van der Waals surface area contributed by atoms with E-state index in [1.807, 2.05) is 0 Å². The van der Waals surface area contributed by atoms with E-state index in [4.69, 9.17) is 4.42 Å². The third-order valence-electron chi connectivity index (χ3n) is 2.69. The second kappa shape index (κ2) is 5.04. The number of phenolic OH excluding ortho intramolecular Hbond substituents is 1. The second-order valence-electron chi connectivity index (χ2n) is 4.06. The van der Waals surface area contributed by atoms with Gasteiger partial charge in [0.2, 0.25) is 0 Å². The summed E-state index contributed by atoms with van der Waals surface area (Å²) in [7, 11) is 1.07. The molecular weight excluding hydrogens is 266 g/mol. The molecule has 0 spiro atoms. The van der Waals surface area contributed by atoms with Crippen molar-refractivity contribution < 1.29 is 23.8 Å². The van der Waals surface area contributed by atoms with E-state index < -0.39 is 17.5 Å². The van der Waals surface area contributed by atoms with Crippen LogP contribution < -0.4 is 10.9 Å². The van der Waals surface area contributed by atoms with Gasteiger partial charge in [-0.1, -0.05) is 0 Å². The third-order valence-corrected chi connectivity index (χ3v) is 2.69. The van der Waals surface area contributed by atoms with Gasteiger partial charge in [0.25, 0.3) is 0 Å². The summed E-state index contributed by atoms with van der Waals surface area (Å²) in [5.41, 5.74) is 0.277. The van der Waals surface area contributed by atoms with Crippen LogP contribution in [-0.4, -0.2) is 24.1 Å². The zero-order chi connectivity index (χ0) is 14.9. The number of benzene rings is 1. The maximum atomic E-state index is 11.4. The van der Waals surface area contributed by atoms with Crippen LogP contribution in [0.25, 0.3) is 11.0 Å². The molecule has 20 heavy (non-hydrogen) atoms. The molecule has 0 saturated heterocycles. The number of carbonyl (C=O) groups is 2. The fourth-order valence-electron chi connectivity index (χ4n) is 1.72. The Labute approximate surface area is 112 Å². The molecule has 0 aliphatic carbocycles. The number of hydrogen-bond donors (Lipinski definition) is 2. The van der Waals surface area contributed by atoms with Gasteiger partial charge in [0.05, 0.1) is 12.8 Å². The molecule has 0 fully saturated rings. The fraction of sp³-hybridized carbons (Fsp3) is 0.154. The molecule has 0 unspecified atom stereocenters. The monoisotopic (exact) mass is 277 g/mol. The predicted octanol–water partition coefficient (Wildman–Crippen LogP) is 0.919. The number of hydrogen-bond acceptors (Lipinski definition) is 6. The average molecular weight is 277 g/mol.